The molecular formula is C26H34F2N4O7. The molecular weight excluding hydrogens is 518 g/mol. The molecule has 1 aromatic carbocycles. The summed E-state index contributed by atoms with van der Waals surface area (Å²) < 4.78 is 33.8. The van der Waals surface area contributed by atoms with Gasteiger partial charge in [-0.1, -0.05) is 44.2 Å². The zero-order chi connectivity index (χ0) is 29.3. The predicted octanol–water partition coefficient (Wildman–Crippen LogP) is 0.707. The van der Waals surface area contributed by atoms with Crippen LogP contribution in [0.1, 0.15) is 46.1 Å². The summed E-state index contributed by atoms with van der Waals surface area (Å²) in [5.74, 6) is -12.3. The minimum atomic E-state index is -4.41. The second-order valence-corrected chi connectivity index (χ2v) is 9.44. The van der Waals surface area contributed by atoms with Crippen molar-refractivity contribution < 1.29 is 42.3 Å². The summed E-state index contributed by atoms with van der Waals surface area (Å²) in [5.41, 5.74) is 0.555. The van der Waals surface area contributed by atoms with E-state index in [9.17, 15) is 37.5 Å². The predicted molar refractivity (Wildman–Crippen MR) is 134 cm³/mol. The van der Waals surface area contributed by atoms with Gasteiger partial charge in [-0.2, -0.15) is 8.78 Å². The quantitative estimate of drug-likeness (QED) is 0.208. The number of esters is 1. The van der Waals surface area contributed by atoms with E-state index < -0.39 is 65.3 Å². The number of ketones is 1. The van der Waals surface area contributed by atoms with Crippen molar-refractivity contribution in [3.63, 3.8) is 0 Å². The third kappa shape index (κ3) is 8.04. The average Bonchev–Trinajstić information content (AvgIpc) is 3.40. The number of likely N-dealkylation sites (tertiary alicyclic amines) is 1. The summed E-state index contributed by atoms with van der Waals surface area (Å²) in [7, 11) is 0. The van der Waals surface area contributed by atoms with Crippen molar-refractivity contribution in [3.8, 4) is 0 Å². The molecule has 1 aliphatic heterocycles. The highest BCUT2D eigenvalue weighted by Crippen LogP contribution is 2.22. The van der Waals surface area contributed by atoms with Crippen LogP contribution in [0.4, 0.5) is 8.78 Å². The van der Waals surface area contributed by atoms with Gasteiger partial charge in [0.25, 0.3) is 5.91 Å². The number of hydrogen-bond acceptors (Lipinski definition) is 7. The maximum absolute atomic E-state index is 14.6. The van der Waals surface area contributed by atoms with E-state index in [1.54, 1.807) is 44.2 Å². The van der Waals surface area contributed by atoms with Gasteiger partial charge in [0, 0.05) is 13.1 Å². The maximum Gasteiger partial charge on any atom is 0.396 e. The molecule has 3 atom stereocenters. The molecule has 3 N–H and O–H groups in total. The van der Waals surface area contributed by atoms with Crippen molar-refractivity contribution in [1.82, 2.24) is 20.9 Å². The molecule has 39 heavy (non-hydrogen) atoms. The third-order valence-corrected chi connectivity index (χ3v) is 6.16. The third-order valence-electron chi connectivity index (χ3n) is 6.16. The minimum Gasteiger partial charge on any atom is -0.459 e. The molecule has 0 saturated carbocycles. The first-order chi connectivity index (χ1) is 18.3. The van der Waals surface area contributed by atoms with Crippen molar-refractivity contribution in [2.75, 3.05) is 13.2 Å². The van der Waals surface area contributed by atoms with Crippen LogP contribution in [-0.4, -0.2) is 77.5 Å². The first-order valence-electron chi connectivity index (χ1n) is 12.6. The molecule has 1 aromatic rings. The van der Waals surface area contributed by atoms with Crippen LogP contribution >= 0.6 is 0 Å². The fraction of sp³-hybridized carbons (Fsp3) is 0.538. The molecule has 2 unspecified atom stereocenters. The van der Waals surface area contributed by atoms with Gasteiger partial charge in [-0.25, -0.2) is 4.79 Å². The van der Waals surface area contributed by atoms with Gasteiger partial charge >= 0.3 is 17.8 Å². The van der Waals surface area contributed by atoms with Gasteiger partial charge < -0.3 is 25.6 Å². The summed E-state index contributed by atoms with van der Waals surface area (Å²) in [6.45, 7) is 5.68. The number of benzene rings is 1. The number of amides is 4. The number of nitrogens with zero attached hydrogens (tertiary/aromatic N) is 1. The second-order valence-electron chi connectivity index (χ2n) is 9.44. The van der Waals surface area contributed by atoms with E-state index in [0.29, 0.717) is 12.0 Å². The average molecular weight is 553 g/mol. The van der Waals surface area contributed by atoms with E-state index >= 15 is 0 Å². The number of hydrogen-bond donors (Lipinski definition) is 3. The standard InChI is InChI=1S/C26H34F2N4O7/c1-5-39-24(37)22(35)31-19(15(2)3)23(36)32-13-9-12-18(32)21(34)30-16(4)20(33)26(27,28)25(38)29-14-17-10-7-6-8-11-17/h6-8,10-11,15-16,18-19H,5,9,12-14H2,1-4H3,(H,29,38)(H,30,34)(H,31,35)/t16?,18?,19-/m0/s1. The Morgan fingerprint density at radius 2 is 1.69 bits per heavy atom. The van der Waals surface area contributed by atoms with Crippen LogP contribution < -0.4 is 16.0 Å². The number of ether oxygens (including phenoxy) is 1. The van der Waals surface area contributed by atoms with Crippen LogP contribution in [0.3, 0.4) is 0 Å². The molecule has 1 fully saturated rings. The summed E-state index contributed by atoms with van der Waals surface area (Å²) in [4.78, 5) is 75.6. The molecule has 0 aliphatic carbocycles. The Hall–Kier alpha value is -3.90. The van der Waals surface area contributed by atoms with E-state index in [1.807, 2.05) is 5.32 Å². The number of carbonyl (C=O) groups excluding carboxylic acids is 6. The van der Waals surface area contributed by atoms with E-state index in [0.717, 1.165) is 6.92 Å². The van der Waals surface area contributed by atoms with Crippen molar-refractivity contribution in [1.29, 1.82) is 0 Å². The van der Waals surface area contributed by atoms with Crippen LogP contribution in [0.25, 0.3) is 0 Å². The Labute approximate surface area is 225 Å². The fourth-order valence-corrected chi connectivity index (χ4v) is 4.04. The largest absolute Gasteiger partial charge is 0.459 e. The summed E-state index contributed by atoms with van der Waals surface area (Å²) in [6, 6.07) is 4.27. The number of nitrogens with one attached hydrogen (secondary N) is 3. The summed E-state index contributed by atoms with van der Waals surface area (Å²) in [5, 5.41) is 6.52. The van der Waals surface area contributed by atoms with Crippen molar-refractivity contribution in [2.45, 2.75) is 71.1 Å². The van der Waals surface area contributed by atoms with Crippen molar-refractivity contribution in [2.24, 2.45) is 5.92 Å². The highest BCUT2D eigenvalue weighted by Gasteiger charge is 2.50. The Morgan fingerprint density at radius 3 is 2.28 bits per heavy atom. The van der Waals surface area contributed by atoms with Crippen LogP contribution in [0.5, 0.6) is 0 Å². The van der Waals surface area contributed by atoms with E-state index in [4.69, 9.17) is 0 Å². The highest BCUT2D eigenvalue weighted by molar-refractivity contribution is 6.33. The molecule has 1 heterocycles. The molecule has 0 bridgehead atoms. The van der Waals surface area contributed by atoms with Crippen LogP contribution in [0.2, 0.25) is 0 Å². The Morgan fingerprint density at radius 1 is 1.05 bits per heavy atom. The molecule has 214 valence electrons. The minimum absolute atomic E-state index is 0.0362. The van der Waals surface area contributed by atoms with Crippen LogP contribution in [0.15, 0.2) is 30.3 Å². The lowest BCUT2D eigenvalue weighted by Gasteiger charge is -2.31. The van der Waals surface area contributed by atoms with E-state index in [1.165, 1.54) is 11.8 Å². The second kappa shape index (κ2) is 13.8. The van der Waals surface area contributed by atoms with E-state index in [-0.39, 0.29) is 26.1 Å². The molecule has 1 saturated heterocycles. The van der Waals surface area contributed by atoms with Gasteiger partial charge in [-0.15, -0.1) is 0 Å². The molecule has 2 rings (SSSR count). The zero-order valence-electron chi connectivity index (χ0n) is 22.3. The van der Waals surface area contributed by atoms with Gasteiger partial charge in [0.05, 0.1) is 12.6 Å². The first-order valence-corrected chi connectivity index (χ1v) is 12.6. The number of halogens is 2. The fourth-order valence-electron chi connectivity index (χ4n) is 4.04. The maximum atomic E-state index is 14.6. The molecule has 1 aliphatic rings. The lowest BCUT2D eigenvalue weighted by atomic mass is 10.0. The Balaban J connectivity index is 2.04. The van der Waals surface area contributed by atoms with Gasteiger partial charge in [0.15, 0.2) is 0 Å². The first kappa shape index (κ1) is 31.3. The van der Waals surface area contributed by atoms with Crippen molar-refractivity contribution >= 4 is 35.4 Å². The lowest BCUT2D eigenvalue weighted by Crippen LogP contribution is -2.58. The topological polar surface area (TPSA) is 151 Å². The van der Waals surface area contributed by atoms with E-state index in [2.05, 4.69) is 15.4 Å². The number of carbonyl (C=O) groups is 6. The number of Topliss-reactive ketones (excluding diaryl/α,β-unsaturated/α-hetero) is 1. The van der Waals surface area contributed by atoms with Crippen LogP contribution in [-0.2, 0) is 40.0 Å². The highest BCUT2D eigenvalue weighted by atomic mass is 19.3. The molecule has 0 aromatic heterocycles. The van der Waals surface area contributed by atoms with Crippen molar-refractivity contribution in [3.05, 3.63) is 35.9 Å². The molecule has 11 nitrogen and oxygen atoms in total. The van der Waals surface area contributed by atoms with Gasteiger partial charge in [-0.3, -0.25) is 24.0 Å². The smallest absolute Gasteiger partial charge is 0.396 e. The number of rotatable bonds is 11. The summed E-state index contributed by atoms with van der Waals surface area (Å²) in [6.07, 6.45) is 0.587. The van der Waals surface area contributed by atoms with Gasteiger partial charge in [0.1, 0.15) is 12.1 Å². The molecule has 0 spiro atoms. The molecule has 4 amide bonds. The normalized spacial score (nSPS) is 16.7. The van der Waals surface area contributed by atoms with Gasteiger partial charge in [0.2, 0.25) is 17.6 Å². The van der Waals surface area contributed by atoms with Gasteiger partial charge in [-0.05, 0) is 38.2 Å². The number of alkyl halides is 2. The monoisotopic (exact) mass is 552 g/mol. The lowest BCUT2D eigenvalue weighted by molar-refractivity contribution is -0.160. The molecule has 0 radical (unpaired) electrons. The van der Waals surface area contributed by atoms with Crippen LogP contribution in [0, 0.1) is 5.92 Å². The summed E-state index contributed by atoms with van der Waals surface area (Å²) >= 11 is 0. The Kier molecular flexibility index (Phi) is 11.1. The Bertz CT molecular complexity index is 1080. The SMILES string of the molecule is CCOC(=O)C(=O)N[C@H](C(=O)N1CCCC1C(=O)NC(C)C(=O)C(F)(F)C(=O)NCc1ccccc1)C(C)C. The zero-order valence-corrected chi connectivity index (χ0v) is 22.3. The molecule has 13 heteroatoms.